The van der Waals surface area contributed by atoms with E-state index in [-0.39, 0.29) is 36.5 Å². The van der Waals surface area contributed by atoms with E-state index in [1.807, 2.05) is 76.2 Å². The average molecular weight is 475 g/mol. The minimum Gasteiger partial charge on any atom is -0.354 e. The third kappa shape index (κ3) is 7.78. The van der Waals surface area contributed by atoms with E-state index in [0.717, 1.165) is 27.8 Å². The zero-order valence-corrected chi connectivity index (χ0v) is 21.1. The third-order valence-electron chi connectivity index (χ3n) is 6.07. The van der Waals surface area contributed by atoms with Crippen molar-refractivity contribution in [3.63, 3.8) is 0 Å². The van der Waals surface area contributed by atoms with Gasteiger partial charge in [0.1, 0.15) is 11.9 Å². The SMILES string of the molecule is Cc1ccc(C)c(CC(=O)N(Cc2ccc(F)cc2)[C@@H](Cc2ccccc2)C(=O)NCC(C)C)c1. The highest BCUT2D eigenvalue weighted by molar-refractivity contribution is 5.89. The standard InChI is InChI=1S/C30H35FN2O2/c1-21(2)19-32-30(35)28(17-24-8-6-5-7-9-24)33(20-25-12-14-27(31)15-13-25)29(34)18-26-16-22(3)10-11-23(26)4/h5-16,21,28H,17-20H2,1-4H3,(H,32,35)/t28-/m0/s1. The fraction of sp³-hybridized carbons (Fsp3) is 0.333. The van der Waals surface area contributed by atoms with Gasteiger partial charge in [0.25, 0.3) is 0 Å². The minimum absolute atomic E-state index is 0.136. The molecule has 4 nitrogen and oxygen atoms in total. The molecule has 35 heavy (non-hydrogen) atoms. The Morgan fingerprint density at radius 2 is 1.60 bits per heavy atom. The van der Waals surface area contributed by atoms with Gasteiger partial charge in [-0.1, -0.05) is 80.1 Å². The first-order valence-electron chi connectivity index (χ1n) is 12.1. The maximum atomic E-state index is 13.8. The predicted octanol–water partition coefficient (Wildman–Crippen LogP) is 5.40. The summed E-state index contributed by atoms with van der Waals surface area (Å²) in [6.45, 7) is 8.81. The van der Waals surface area contributed by atoms with E-state index >= 15 is 0 Å². The summed E-state index contributed by atoms with van der Waals surface area (Å²) in [4.78, 5) is 28.9. The molecule has 5 heteroatoms. The van der Waals surface area contributed by atoms with E-state index in [9.17, 15) is 14.0 Å². The molecule has 3 aromatic rings. The molecule has 0 aliphatic rings. The monoisotopic (exact) mass is 474 g/mol. The highest BCUT2D eigenvalue weighted by atomic mass is 19.1. The number of carbonyl (C=O) groups is 2. The molecule has 0 fully saturated rings. The minimum atomic E-state index is -0.696. The van der Waals surface area contributed by atoms with Crippen LogP contribution < -0.4 is 5.32 Å². The van der Waals surface area contributed by atoms with Crippen molar-refractivity contribution in [3.8, 4) is 0 Å². The van der Waals surface area contributed by atoms with Crippen LogP contribution in [0.5, 0.6) is 0 Å². The van der Waals surface area contributed by atoms with E-state index in [4.69, 9.17) is 0 Å². The molecule has 0 bridgehead atoms. The number of benzene rings is 3. The number of hydrogen-bond donors (Lipinski definition) is 1. The molecule has 3 aromatic carbocycles. The average Bonchev–Trinajstić information content (AvgIpc) is 2.83. The fourth-order valence-corrected chi connectivity index (χ4v) is 4.02. The van der Waals surface area contributed by atoms with Crippen molar-refractivity contribution in [2.75, 3.05) is 6.54 Å². The highest BCUT2D eigenvalue weighted by Gasteiger charge is 2.30. The first-order valence-corrected chi connectivity index (χ1v) is 12.1. The van der Waals surface area contributed by atoms with Gasteiger partial charge in [0.05, 0.1) is 6.42 Å². The maximum absolute atomic E-state index is 13.8. The second-order valence-electron chi connectivity index (χ2n) is 9.60. The topological polar surface area (TPSA) is 49.4 Å². The molecule has 0 spiro atoms. The molecule has 0 saturated heterocycles. The van der Waals surface area contributed by atoms with Crippen LogP contribution in [0, 0.1) is 25.6 Å². The van der Waals surface area contributed by atoms with E-state index in [0.29, 0.717) is 13.0 Å². The van der Waals surface area contributed by atoms with Gasteiger partial charge in [0, 0.05) is 19.5 Å². The third-order valence-corrected chi connectivity index (χ3v) is 6.07. The summed E-state index contributed by atoms with van der Waals surface area (Å²) in [5, 5.41) is 3.02. The van der Waals surface area contributed by atoms with Gasteiger partial charge in [-0.05, 0) is 54.2 Å². The van der Waals surface area contributed by atoms with Crippen molar-refractivity contribution in [1.29, 1.82) is 0 Å². The summed E-state index contributed by atoms with van der Waals surface area (Å²) in [6, 6.07) is 21.2. The van der Waals surface area contributed by atoms with Crippen LogP contribution in [0.2, 0.25) is 0 Å². The Kier molecular flexibility index (Phi) is 9.18. The Hall–Kier alpha value is -3.47. The van der Waals surface area contributed by atoms with E-state index in [1.54, 1.807) is 17.0 Å². The van der Waals surface area contributed by atoms with Crippen LogP contribution >= 0.6 is 0 Å². The normalized spacial score (nSPS) is 11.8. The molecule has 184 valence electrons. The first-order chi connectivity index (χ1) is 16.7. The van der Waals surface area contributed by atoms with Gasteiger partial charge < -0.3 is 10.2 Å². The van der Waals surface area contributed by atoms with Crippen molar-refractivity contribution in [2.24, 2.45) is 5.92 Å². The van der Waals surface area contributed by atoms with Crippen LogP contribution in [-0.2, 0) is 29.0 Å². The smallest absolute Gasteiger partial charge is 0.243 e. The fourth-order valence-electron chi connectivity index (χ4n) is 4.02. The van der Waals surface area contributed by atoms with Crippen molar-refractivity contribution in [1.82, 2.24) is 10.2 Å². The van der Waals surface area contributed by atoms with Gasteiger partial charge in [0.2, 0.25) is 11.8 Å². The lowest BCUT2D eigenvalue weighted by atomic mass is 9.99. The van der Waals surface area contributed by atoms with Crippen molar-refractivity contribution >= 4 is 11.8 Å². The van der Waals surface area contributed by atoms with Crippen LogP contribution in [0.4, 0.5) is 4.39 Å². The van der Waals surface area contributed by atoms with E-state index in [2.05, 4.69) is 5.32 Å². The lowest BCUT2D eigenvalue weighted by Crippen LogP contribution is -2.51. The Morgan fingerprint density at radius 3 is 2.26 bits per heavy atom. The van der Waals surface area contributed by atoms with Crippen molar-refractivity contribution < 1.29 is 14.0 Å². The van der Waals surface area contributed by atoms with Gasteiger partial charge in [-0.3, -0.25) is 9.59 Å². The molecule has 1 atom stereocenters. The highest BCUT2D eigenvalue weighted by Crippen LogP contribution is 2.19. The zero-order valence-electron chi connectivity index (χ0n) is 21.1. The molecular formula is C30H35FN2O2. The quantitative estimate of drug-likeness (QED) is 0.428. The summed E-state index contributed by atoms with van der Waals surface area (Å²) in [5.74, 6) is -0.368. The number of hydrogen-bond acceptors (Lipinski definition) is 2. The summed E-state index contributed by atoms with van der Waals surface area (Å²) < 4.78 is 13.6. The number of carbonyl (C=O) groups excluding carboxylic acids is 2. The summed E-state index contributed by atoms with van der Waals surface area (Å²) in [6.07, 6.45) is 0.585. The Labute approximate surface area is 208 Å². The predicted molar refractivity (Wildman–Crippen MR) is 138 cm³/mol. The van der Waals surface area contributed by atoms with Gasteiger partial charge in [0.15, 0.2) is 0 Å². The molecule has 0 unspecified atom stereocenters. The molecule has 0 saturated carbocycles. The summed E-state index contributed by atoms with van der Waals surface area (Å²) in [7, 11) is 0. The molecule has 1 N–H and O–H groups in total. The number of nitrogens with one attached hydrogen (secondary N) is 1. The molecule has 0 aromatic heterocycles. The van der Waals surface area contributed by atoms with E-state index < -0.39 is 6.04 Å². The second kappa shape index (κ2) is 12.3. The Morgan fingerprint density at radius 1 is 0.914 bits per heavy atom. The number of rotatable bonds is 10. The Bertz CT molecular complexity index is 1130. The molecule has 3 rings (SSSR count). The maximum Gasteiger partial charge on any atom is 0.243 e. The zero-order chi connectivity index (χ0) is 25.4. The lowest BCUT2D eigenvalue weighted by Gasteiger charge is -2.32. The van der Waals surface area contributed by atoms with E-state index in [1.165, 1.54) is 12.1 Å². The molecule has 2 amide bonds. The van der Waals surface area contributed by atoms with Crippen molar-refractivity contribution in [3.05, 3.63) is 106 Å². The molecule has 0 aliphatic heterocycles. The number of amides is 2. The van der Waals surface area contributed by atoms with Gasteiger partial charge in [-0.2, -0.15) is 0 Å². The van der Waals surface area contributed by atoms with Gasteiger partial charge >= 0.3 is 0 Å². The molecule has 0 heterocycles. The lowest BCUT2D eigenvalue weighted by molar-refractivity contribution is -0.140. The van der Waals surface area contributed by atoms with Crippen molar-refractivity contribution in [2.45, 2.75) is 53.1 Å². The molecule has 0 radical (unpaired) electrons. The number of aryl methyl sites for hydroxylation is 2. The number of nitrogens with zero attached hydrogens (tertiary/aromatic N) is 1. The first kappa shape index (κ1) is 26.1. The Balaban J connectivity index is 1.97. The van der Waals surface area contributed by atoms with Gasteiger partial charge in [-0.25, -0.2) is 4.39 Å². The molecular weight excluding hydrogens is 439 g/mol. The summed E-state index contributed by atoms with van der Waals surface area (Å²) in [5.41, 5.74) is 4.81. The summed E-state index contributed by atoms with van der Waals surface area (Å²) >= 11 is 0. The van der Waals surface area contributed by atoms with Gasteiger partial charge in [-0.15, -0.1) is 0 Å². The van der Waals surface area contributed by atoms with Crippen LogP contribution in [0.1, 0.15) is 41.7 Å². The second-order valence-corrected chi connectivity index (χ2v) is 9.60. The van der Waals surface area contributed by atoms with Crippen LogP contribution in [0.25, 0.3) is 0 Å². The number of halogens is 1. The van der Waals surface area contributed by atoms with Crippen LogP contribution in [-0.4, -0.2) is 29.3 Å². The van der Waals surface area contributed by atoms with Crippen LogP contribution in [0.3, 0.4) is 0 Å². The van der Waals surface area contributed by atoms with Crippen LogP contribution in [0.15, 0.2) is 72.8 Å². The largest absolute Gasteiger partial charge is 0.354 e. The molecule has 0 aliphatic carbocycles.